The van der Waals surface area contributed by atoms with E-state index in [0.29, 0.717) is 5.69 Å². The van der Waals surface area contributed by atoms with E-state index in [1.807, 2.05) is 44.2 Å². The summed E-state index contributed by atoms with van der Waals surface area (Å²) in [4.78, 5) is 54.2. The molecule has 13 heteroatoms. The van der Waals surface area contributed by atoms with E-state index in [0.717, 1.165) is 5.56 Å². The van der Waals surface area contributed by atoms with Crippen LogP contribution in [0.3, 0.4) is 0 Å². The molecule has 0 radical (unpaired) electrons. The van der Waals surface area contributed by atoms with Crippen LogP contribution in [0.5, 0.6) is 0 Å². The molecule has 0 bridgehead atoms. The van der Waals surface area contributed by atoms with Gasteiger partial charge in [0, 0.05) is 5.56 Å². The van der Waals surface area contributed by atoms with Crippen molar-refractivity contribution in [1.29, 1.82) is 0 Å². The maximum atomic E-state index is 13.2. The Morgan fingerprint density at radius 1 is 1.08 bits per heavy atom. The SMILES string of the molecule is CC(C)CC(NC(=O)C(NC(=O)c1cccc(-c2ccccc2)n1)C(C)O)B1OC(=O)[C@@H](N)[C@H](C(=O)O)O1. The van der Waals surface area contributed by atoms with Crippen LogP contribution >= 0.6 is 0 Å². The standard InChI is InChI=1S/C25H31BN4O8/c1-13(2)12-18(26-37-21(24(34)35)19(27)25(36)38-26)29-23(33)20(14(3)31)30-22(32)17-11-7-10-16(28-17)15-8-5-4-6-9-15/h4-11,13-14,18-21,31H,12,27H2,1-3H3,(H,29,33)(H,30,32)(H,34,35)/t14?,18?,19-,20?,21+/m0/s1. The quantitative estimate of drug-likeness (QED) is 0.266. The maximum Gasteiger partial charge on any atom is 0.552 e. The molecule has 2 heterocycles. The van der Waals surface area contributed by atoms with Crippen LogP contribution in [-0.4, -0.2) is 76.3 Å². The molecule has 2 aromatic rings. The smallest absolute Gasteiger partial charge is 0.507 e. The van der Waals surface area contributed by atoms with E-state index in [-0.39, 0.29) is 18.0 Å². The molecule has 0 spiro atoms. The van der Waals surface area contributed by atoms with Gasteiger partial charge in [-0.25, -0.2) is 9.78 Å². The largest absolute Gasteiger partial charge is 0.552 e. The zero-order valence-corrected chi connectivity index (χ0v) is 21.2. The molecular formula is C25H31BN4O8. The van der Waals surface area contributed by atoms with Crippen molar-refractivity contribution in [2.24, 2.45) is 11.7 Å². The van der Waals surface area contributed by atoms with Crippen LogP contribution in [-0.2, 0) is 23.7 Å². The predicted molar refractivity (Wildman–Crippen MR) is 136 cm³/mol. The fraction of sp³-hybridized carbons (Fsp3) is 0.400. The number of nitrogens with one attached hydrogen (secondary N) is 2. The normalized spacial score (nSPS) is 19.7. The number of nitrogens with zero attached hydrogens (tertiary/aromatic N) is 1. The molecule has 38 heavy (non-hydrogen) atoms. The Bertz CT molecular complexity index is 1160. The van der Waals surface area contributed by atoms with E-state index >= 15 is 0 Å². The van der Waals surface area contributed by atoms with Gasteiger partial charge >= 0.3 is 19.1 Å². The number of carbonyl (C=O) groups excluding carboxylic acids is 3. The van der Waals surface area contributed by atoms with Crippen LogP contribution in [0, 0.1) is 5.92 Å². The summed E-state index contributed by atoms with van der Waals surface area (Å²) < 4.78 is 10.6. The van der Waals surface area contributed by atoms with Crippen molar-refractivity contribution in [2.45, 2.75) is 57.4 Å². The van der Waals surface area contributed by atoms with Crippen molar-refractivity contribution in [3.05, 3.63) is 54.2 Å². The van der Waals surface area contributed by atoms with Crippen LogP contribution in [0.25, 0.3) is 11.3 Å². The number of hydrogen-bond donors (Lipinski definition) is 5. The lowest BCUT2D eigenvalue weighted by molar-refractivity contribution is -0.159. The number of nitrogens with two attached hydrogens (primary N) is 1. The van der Waals surface area contributed by atoms with Gasteiger partial charge in [-0.2, -0.15) is 0 Å². The average molecular weight is 526 g/mol. The number of aliphatic carboxylic acids is 1. The lowest BCUT2D eigenvalue weighted by Gasteiger charge is -2.34. The van der Waals surface area contributed by atoms with Crippen molar-refractivity contribution in [2.75, 3.05) is 0 Å². The number of rotatable bonds is 10. The predicted octanol–water partition coefficient (Wildman–Crippen LogP) is 0.140. The third-order valence-electron chi connectivity index (χ3n) is 5.84. The number of carboxylic acids is 1. The monoisotopic (exact) mass is 526 g/mol. The Morgan fingerprint density at radius 3 is 2.37 bits per heavy atom. The molecule has 6 N–H and O–H groups in total. The van der Waals surface area contributed by atoms with E-state index in [4.69, 9.17) is 15.0 Å². The zero-order valence-electron chi connectivity index (χ0n) is 21.2. The zero-order chi connectivity index (χ0) is 28.0. The Morgan fingerprint density at radius 2 is 1.76 bits per heavy atom. The van der Waals surface area contributed by atoms with E-state index in [1.165, 1.54) is 13.0 Å². The van der Waals surface area contributed by atoms with Crippen molar-refractivity contribution < 1.29 is 38.7 Å². The molecule has 1 aliphatic heterocycles. The Kier molecular flexibility index (Phi) is 9.56. The van der Waals surface area contributed by atoms with Crippen LogP contribution in [0.15, 0.2) is 48.5 Å². The molecule has 1 aliphatic rings. The molecule has 2 amide bonds. The van der Waals surface area contributed by atoms with E-state index in [1.54, 1.807) is 12.1 Å². The highest BCUT2D eigenvalue weighted by molar-refractivity contribution is 6.50. The molecule has 5 atom stereocenters. The number of aliphatic hydroxyl groups is 1. The molecule has 12 nitrogen and oxygen atoms in total. The van der Waals surface area contributed by atoms with Gasteiger partial charge in [-0.05, 0) is 31.4 Å². The van der Waals surface area contributed by atoms with Gasteiger partial charge in [-0.3, -0.25) is 14.4 Å². The maximum absolute atomic E-state index is 13.2. The number of benzene rings is 1. The number of hydrogen-bond acceptors (Lipinski definition) is 9. The minimum absolute atomic E-state index is 0.0337. The molecule has 3 rings (SSSR count). The third-order valence-corrected chi connectivity index (χ3v) is 5.84. The summed E-state index contributed by atoms with van der Waals surface area (Å²) in [5.41, 5.74) is 6.96. The minimum Gasteiger partial charge on any atom is -0.507 e. The lowest BCUT2D eigenvalue weighted by Crippen LogP contribution is -2.64. The number of aromatic nitrogens is 1. The first-order valence-electron chi connectivity index (χ1n) is 12.1. The Labute approximate surface area is 220 Å². The average Bonchev–Trinajstić information content (AvgIpc) is 2.88. The van der Waals surface area contributed by atoms with Gasteiger partial charge < -0.3 is 35.9 Å². The first kappa shape index (κ1) is 28.8. The Hall–Kier alpha value is -3.81. The molecule has 0 saturated carbocycles. The number of amides is 2. The number of aliphatic hydroxyl groups excluding tert-OH is 1. The highest BCUT2D eigenvalue weighted by atomic mass is 16.6. The van der Waals surface area contributed by atoms with E-state index in [9.17, 15) is 29.4 Å². The molecule has 1 saturated heterocycles. The number of carbonyl (C=O) groups is 4. The van der Waals surface area contributed by atoms with Crippen molar-refractivity contribution >= 4 is 30.9 Å². The first-order valence-corrected chi connectivity index (χ1v) is 12.1. The molecule has 1 aromatic carbocycles. The fourth-order valence-corrected chi connectivity index (χ4v) is 3.93. The summed E-state index contributed by atoms with van der Waals surface area (Å²) in [6.45, 7) is 5.00. The number of pyridine rings is 1. The van der Waals surface area contributed by atoms with Gasteiger partial charge in [0.15, 0.2) is 6.10 Å². The van der Waals surface area contributed by atoms with Crippen molar-refractivity contribution in [3.63, 3.8) is 0 Å². The van der Waals surface area contributed by atoms with Gasteiger partial charge in [0.1, 0.15) is 17.8 Å². The van der Waals surface area contributed by atoms with Crippen LogP contribution < -0.4 is 16.4 Å². The molecule has 3 unspecified atom stereocenters. The second-order valence-corrected chi connectivity index (χ2v) is 9.44. The van der Waals surface area contributed by atoms with E-state index in [2.05, 4.69) is 15.6 Å². The third kappa shape index (κ3) is 7.15. The summed E-state index contributed by atoms with van der Waals surface area (Å²) in [5.74, 6) is -4.94. The Balaban J connectivity index is 1.77. The molecule has 1 fully saturated rings. The van der Waals surface area contributed by atoms with Gasteiger partial charge in [0.25, 0.3) is 5.91 Å². The molecular weight excluding hydrogens is 495 g/mol. The number of carboxylic acid groups (broad SMARTS) is 1. The van der Waals surface area contributed by atoms with Crippen LogP contribution in [0.4, 0.5) is 0 Å². The highest BCUT2D eigenvalue weighted by Gasteiger charge is 2.49. The first-order chi connectivity index (χ1) is 18.0. The van der Waals surface area contributed by atoms with E-state index < -0.39 is 61.1 Å². The van der Waals surface area contributed by atoms with Crippen molar-refractivity contribution in [3.8, 4) is 11.3 Å². The van der Waals surface area contributed by atoms with Crippen LogP contribution in [0.2, 0.25) is 0 Å². The highest BCUT2D eigenvalue weighted by Crippen LogP contribution is 2.19. The minimum atomic E-state index is -1.66. The van der Waals surface area contributed by atoms with Gasteiger partial charge in [0.2, 0.25) is 5.91 Å². The van der Waals surface area contributed by atoms with Gasteiger partial charge in [0.05, 0.1) is 17.7 Å². The summed E-state index contributed by atoms with van der Waals surface area (Å²) in [6.07, 6.45) is -2.75. The second kappa shape index (κ2) is 12.6. The summed E-state index contributed by atoms with van der Waals surface area (Å²) in [7, 11) is -1.44. The lowest BCUT2D eigenvalue weighted by atomic mass is 9.72. The molecule has 0 aliphatic carbocycles. The van der Waals surface area contributed by atoms with Gasteiger partial charge in [-0.1, -0.05) is 50.2 Å². The summed E-state index contributed by atoms with van der Waals surface area (Å²) in [5, 5.41) is 24.8. The van der Waals surface area contributed by atoms with Gasteiger partial charge in [-0.15, -0.1) is 0 Å². The fourth-order valence-electron chi connectivity index (χ4n) is 3.93. The molecule has 202 valence electrons. The van der Waals surface area contributed by atoms with Crippen LogP contribution in [0.1, 0.15) is 37.7 Å². The summed E-state index contributed by atoms with van der Waals surface area (Å²) in [6, 6.07) is 11.1. The second-order valence-electron chi connectivity index (χ2n) is 9.44. The molecule has 1 aromatic heterocycles. The topological polar surface area (TPSA) is 190 Å². The van der Waals surface area contributed by atoms with Crippen molar-refractivity contribution in [1.82, 2.24) is 15.6 Å². The summed E-state index contributed by atoms with van der Waals surface area (Å²) >= 11 is 0.